The van der Waals surface area contributed by atoms with Crippen molar-refractivity contribution in [2.24, 2.45) is 0 Å². The first-order valence-electron chi connectivity index (χ1n) is 11.1. The van der Waals surface area contributed by atoms with E-state index in [-0.39, 0.29) is 17.4 Å². The van der Waals surface area contributed by atoms with Crippen molar-refractivity contribution < 1.29 is 28.9 Å². The number of carbonyl (C=O) groups is 2. The second-order valence-electron chi connectivity index (χ2n) is 8.12. The van der Waals surface area contributed by atoms with E-state index in [9.17, 15) is 14.7 Å². The predicted molar refractivity (Wildman–Crippen MR) is 126 cm³/mol. The molecule has 2 aromatic carbocycles. The van der Waals surface area contributed by atoms with Crippen LogP contribution in [0.5, 0.6) is 17.2 Å². The van der Waals surface area contributed by atoms with Gasteiger partial charge in [-0.25, -0.2) is 0 Å². The van der Waals surface area contributed by atoms with Crippen LogP contribution in [-0.2, 0) is 9.59 Å². The average Bonchev–Trinajstić information content (AvgIpc) is 3.06. The van der Waals surface area contributed by atoms with Crippen molar-refractivity contribution in [1.82, 2.24) is 4.90 Å². The monoisotopic (exact) mass is 453 g/mol. The van der Waals surface area contributed by atoms with Crippen molar-refractivity contribution in [3.8, 4) is 17.2 Å². The predicted octanol–water partition coefficient (Wildman–Crippen LogP) is 4.71. The molecule has 0 aliphatic carbocycles. The molecule has 7 heteroatoms. The second kappa shape index (κ2) is 10.4. The van der Waals surface area contributed by atoms with Crippen LogP contribution in [0.3, 0.4) is 0 Å². The summed E-state index contributed by atoms with van der Waals surface area (Å²) >= 11 is 0. The number of Topliss-reactive ketones (excluding diaryl/α,β-unsaturated/α-hetero) is 1. The Bertz CT molecular complexity index is 1040. The van der Waals surface area contributed by atoms with Gasteiger partial charge < -0.3 is 24.2 Å². The van der Waals surface area contributed by atoms with E-state index in [1.165, 1.54) is 19.1 Å². The van der Waals surface area contributed by atoms with Crippen molar-refractivity contribution in [3.63, 3.8) is 0 Å². The maximum Gasteiger partial charge on any atom is 0.295 e. The number of hydrogen-bond acceptors (Lipinski definition) is 6. The number of aliphatic hydroxyl groups is 1. The molecule has 0 saturated carbocycles. The number of hydrogen-bond donors (Lipinski definition) is 1. The van der Waals surface area contributed by atoms with E-state index >= 15 is 0 Å². The van der Waals surface area contributed by atoms with E-state index in [1.54, 1.807) is 42.5 Å². The lowest BCUT2D eigenvalue weighted by Gasteiger charge is -2.27. The fourth-order valence-corrected chi connectivity index (χ4v) is 4.01. The lowest BCUT2D eigenvalue weighted by molar-refractivity contribution is -0.139. The van der Waals surface area contributed by atoms with Gasteiger partial charge >= 0.3 is 0 Å². The van der Waals surface area contributed by atoms with Gasteiger partial charge in [-0.1, -0.05) is 25.5 Å². The quantitative estimate of drug-likeness (QED) is 0.336. The summed E-state index contributed by atoms with van der Waals surface area (Å²) in [7, 11) is 3.03. The third kappa shape index (κ3) is 4.82. The van der Waals surface area contributed by atoms with E-state index in [4.69, 9.17) is 14.2 Å². The summed E-state index contributed by atoms with van der Waals surface area (Å²) in [5.41, 5.74) is 1.03. The molecular formula is C26H31NO6. The Kier molecular flexibility index (Phi) is 7.63. The molecule has 1 atom stereocenters. The Labute approximate surface area is 194 Å². The van der Waals surface area contributed by atoms with E-state index < -0.39 is 17.7 Å². The molecule has 0 spiro atoms. The zero-order valence-electron chi connectivity index (χ0n) is 19.8. The van der Waals surface area contributed by atoms with Gasteiger partial charge in [0.25, 0.3) is 11.7 Å². The molecule has 1 unspecified atom stereocenters. The van der Waals surface area contributed by atoms with Crippen LogP contribution in [0.4, 0.5) is 0 Å². The lowest BCUT2D eigenvalue weighted by atomic mass is 9.94. The zero-order chi connectivity index (χ0) is 24.1. The number of ether oxygens (including phenoxy) is 3. The Morgan fingerprint density at radius 3 is 2.33 bits per heavy atom. The number of aliphatic hydroxyl groups excluding tert-OH is 1. The molecule has 1 saturated heterocycles. The summed E-state index contributed by atoms with van der Waals surface area (Å²) in [5.74, 6) is -0.0545. The summed E-state index contributed by atoms with van der Waals surface area (Å²) in [4.78, 5) is 27.7. The zero-order valence-corrected chi connectivity index (χ0v) is 19.8. The van der Waals surface area contributed by atoms with Gasteiger partial charge in [-0.2, -0.15) is 0 Å². The number of nitrogens with zero attached hydrogens (tertiary/aromatic N) is 1. The first kappa shape index (κ1) is 24.2. The van der Waals surface area contributed by atoms with Crippen molar-refractivity contribution >= 4 is 17.4 Å². The van der Waals surface area contributed by atoms with E-state index in [1.807, 2.05) is 20.8 Å². The van der Waals surface area contributed by atoms with Crippen molar-refractivity contribution in [2.45, 2.75) is 45.8 Å². The van der Waals surface area contributed by atoms with E-state index in [0.717, 1.165) is 12.8 Å². The number of rotatable bonds is 9. The summed E-state index contributed by atoms with van der Waals surface area (Å²) in [5, 5.41) is 11.2. The standard InChI is InChI=1S/C26H31NO6/c1-6-7-15-27-22(19-9-8-10-20(31-4)25(19)32-5)21(24(29)26(27)30)23(28)17-11-13-18(14-12-17)33-16(2)3/h8-14,16,22,28H,6-7,15H2,1-5H3/b23-21+. The number of carbonyl (C=O) groups excluding carboxylic acids is 2. The highest BCUT2D eigenvalue weighted by molar-refractivity contribution is 6.46. The fraction of sp³-hybridized carbons (Fsp3) is 0.385. The van der Waals surface area contributed by atoms with Gasteiger partial charge in [0.2, 0.25) is 0 Å². The summed E-state index contributed by atoms with van der Waals surface area (Å²) in [6, 6.07) is 11.3. The van der Waals surface area contributed by atoms with Gasteiger partial charge in [-0.05, 0) is 50.6 Å². The van der Waals surface area contributed by atoms with Crippen molar-refractivity contribution in [2.75, 3.05) is 20.8 Å². The topological polar surface area (TPSA) is 85.3 Å². The molecule has 33 heavy (non-hydrogen) atoms. The molecule has 7 nitrogen and oxygen atoms in total. The van der Waals surface area contributed by atoms with Gasteiger partial charge in [0.1, 0.15) is 11.5 Å². The first-order chi connectivity index (χ1) is 15.8. The van der Waals surface area contributed by atoms with Gasteiger partial charge in [0.15, 0.2) is 11.5 Å². The van der Waals surface area contributed by atoms with Gasteiger partial charge in [-0.3, -0.25) is 9.59 Å². The number of para-hydroxylation sites is 1. The largest absolute Gasteiger partial charge is 0.507 e. The second-order valence-corrected chi connectivity index (χ2v) is 8.12. The number of benzene rings is 2. The molecule has 1 N–H and O–H groups in total. The van der Waals surface area contributed by atoms with Gasteiger partial charge in [0, 0.05) is 17.7 Å². The van der Waals surface area contributed by atoms with E-state index in [0.29, 0.717) is 34.9 Å². The summed E-state index contributed by atoms with van der Waals surface area (Å²) in [6.07, 6.45) is 1.58. The normalized spacial score (nSPS) is 17.5. The van der Waals surface area contributed by atoms with Gasteiger partial charge in [-0.15, -0.1) is 0 Å². The highest BCUT2D eigenvalue weighted by atomic mass is 16.5. The van der Waals surface area contributed by atoms with Crippen LogP contribution in [-0.4, -0.2) is 48.6 Å². The van der Waals surface area contributed by atoms with Crippen LogP contribution in [0.2, 0.25) is 0 Å². The molecule has 0 bridgehead atoms. The highest BCUT2D eigenvalue weighted by Gasteiger charge is 2.47. The van der Waals surface area contributed by atoms with Crippen LogP contribution in [0, 0.1) is 0 Å². The minimum atomic E-state index is -0.798. The summed E-state index contributed by atoms with van der Waals surface area (Å²) < 4.78 is 16.7. The summed E-state index contributed by atoms with van der Waals surface area (Å²) in [6.45, 7) is 6.24. The third-order valence-electron chi connectivity index (χ3n) is 5.52. The lowest BCUT2D eigenvalue weighted by Crippen LogP contribution is -2.30. The van der Waals surface area contributed by atoms with Crippen molar-refractivity contribution in [3.05, 3.63) is 59.2 Å². The molecule has 1 aliphatic rings. The molecule has 1 fully saturated rings. The number of unbranched alkanes of at least 4 members (excludes halogenated alkanes) is 1. The third-order valence-corrected chi connectivity index (χ3v) is 5.52. The molecule has 0 radical (unpaired) electrons. The number of ketones is 1. The Hall–Kier alpha value is -3.48. The minimum absolute atomic E-state index is 0.00821. The molecule has 0 aromatic heterocycles. The van der Waals surface area contributed by atoms with Crippen molar-refractivity contribution in [1.29, 1.82) is 0 Å². The number of likely N-dealkylation sites (tertiary alicyclic amines) is 1. The number of methoxy groups -OCH3 is 2. The van der Waals surface area contributed by atoms with Crippen LogP contribution < -0.4 is 14.2 Å². The first-order valence-corrected chi connectivity index (χ1v) is 11.1. The highest BCUT2D eigenvalue weighted by Crippen LogP contribution is 2.45. The maximum absolute atomic E-state index is 13.1. The van der Waals surface area contributed by atoms with Crippen LogP contribution in [0.25, 0.3) is 5.76 Å². The average molecular weight is 454 g/mol. The molecule has 2 aromatic rings. The SMILES string of the molecule is CCCCN1C(=O)C(=O)/C(=C(/O)c2ccc(OC(C)C)cc2)C1c1cccc(OC)c1OC. The molecule has 1 amide bonds. The maximum atomic E-state index is 13.1. The van der Waals surface area contributed by atoms with Crippen LogP contribution in [0.1, 0.15) is 50.8 Å². The fourth-order valence-electron chi connectivity index (χ4n) is 4.01. The Morgan fingerprint density at radius 1 is 1.06 bits per heavy atom. The Morgan fingerprint density at radius 2 is 1.76 bits per heavy atom. The number of amides is 1. The molecule has 1 aliphatic heterocycles. The molecule has 176 valence electrons. The van der Waals surface area contributed by atoms with Crippen LogP contribution in [0.15, 0.2) is 48.0 Å². The molecule has 3 rings (SSSR count). The Balaban J connectivity index is 2.17. The minimum Gasteiger partial charge on any atom is -0.507 e. The van der Waals surface area contributed by atoms with Gasteiger partial charge in [0.05, 0.1) is 31.9 Å². The van der Waals surface area contributed by atoms with Crippen LogP contribution >= 0.6 is 0 Å². The smallest absolute Gasteiger partial charge is 0.295 e. The molecular weight excluding hydrogens is 422 g/mol. The molecule has 1 heterocycles. The van der Waals surface area contributed by atoms with E-state index in [2.05, 4.69) is 0 Å².